The van der Waals surface area contributed by atoms with E-state index < -0.39 is 0 Å². The maximum atomic E-state index is 4.06. The Morgan fingerprint density at radius 1 is 1.27 bits per heavy atom. The lowest BCUT2D eigenvalue weighted by atomic mass is 9.91. The number of aromatic amines is 1. The van der Waals surface area contributed by atoms with Gasteiger partial charge in [0.15, 0.2) is 0 Å². The number of nitrogens with zero attached hydrogens (tertiary/aromatic N) is 1. The van der Waals surface area contributed by atoms with Crippen LogP contribution in [0.4, 0.5) is 0 Å². The summed E-state index contributed by atoms with van der Waals surface area (Å²) >= 11 is 0. The number of nitrogens with one attached hydrogen (secondary N) is 2. The van der Waals surface area contributed by atoms with Gasteiger partial charge >= 0.3 is 0 Å². The van der Waals surface area contributed by atoms with Crippen LogP contribution in [0.2, 0.25) is 0 Å². The number of fused-ring (bicyclic) bond motifs is 1. The monoisotopic (exact) mass is 203 g/mol. The highest BCUT2D eigenvalue weighted by molar-refractivity contribution is 5.82. The second-order valence-electron chi connectivity index (χ2n) is 3.53. The molecule has 1 fully saturated rings. The molecule has 0 saturated carbocycles. The standard InChI is InChI=1S/C10H11N3.C2H6/c1-2-8(7-4-11-5-7)9-6-12-13-10(9)3-1;1-2/h1-3,6-7,11H,4-5H2,(H,12,13);1-2H3. The van der Waals surface area contributed by atoms with E-state index in [-0.39, 0.29) is 0 Å². The molecule has 2 aromatic rings. The summed E-state index contributed by atoms with van der Waals surface area (Å²) in [7, 11) is 0. The lowest BCUT2D eigenvalue weighted by Gasteiger charge is -2.27. The molecule has 0 unspecified atom stereocenters. The molecule has 80 valence electrons. The number of aromatic nitrogens is 2. The molecule has 0 spiro atoms. The third-order valence-electron chi connectivity index (χ3n) is 2.74. The number of hydrogen-bond acceptors (Lipinski definition) is 2. The topological polar surface area (TPSA) is 40.7 Å². The van der Waals surface area contributed by atoms with Crippen LogP contribution in [-0.4, -0.2) is 23.3 Å². The summed E-state index contributed by atoms with van der Waals surface area (Å²) in [6.07, 6.45) is 1.92. The third-order valence-corrected chi connectivity index (χ3v) is 2.74. The van der Waals surface area contributed by atoms with Crippen molar-refractivity contribution >= 4 is 10.9 Å². The Bertz CT molecular complexity index is 429. The molecule has 0 radical (unpaired) electrons. The molecule has 0 atom stereocenters. The minimum absolute atomic E-state index is 0.682. The van der Waals surface area contributed by atoms with Gasteiger partial charge in [-0.1, -0.05) is 26.0 Å². The molecule has 0 aliphatic carbocycles. The average molecular weight is 203 g/mol. The van der Waals surface area contributed by atoms with E-state index in [1.54, 1.807) is 0 Å². The van der Waals surface area contributed by atoms with Crippen LogP contribution in [0.1, 0.15) is 25.3 Å². The lowest BCUT2D eigenvalue weighted by Crippen LogP contribution is -2.39. The SMILES string of the molecule is CC.c1cc(C2CNC2)c2cn[nH]c2c1. The van der Waals surface area contributed by atoms with Crippen molar-refractivity contribution in [3.05, 3.63) is 30.0 Å². The molecular formula is C12H17N3. The van der Waals surface area contributed by atoms with Gasteiger partial charge in [0.05, 0.1) is 11.7 Å². The summed E-state index contributed by atoms with van der Waals surface area (Å²) in [5.41, 5.74) is 2.56. The Morgan fingerprint density at radius 2 is 2.07 bits per heavy atom. The van der Waals surface area contributed by atoms with Gasteiger partial charge in [-0.25, -0.2) is 0 Å². The van der Waals surface area contributed by atoms with Crippen LogP contribution in [0.15, 0.2) is 24.4 Å². The predicted molar refractivity (Wildman–Crippen MR) is 63.1 cm³/mol. The van der Waals surface area contributed by atoms with Gasteiger partial charge in [-0.3, -0.25) is 5.10 Å². The van der Waals surface area contributed by atoms with E-state index >= 15 is 0 Å². The van der Waals surface area contributed by atoms with Gasteiger partial charge in [0.25, 0.3) is 0 Å². The van der Waals surface area contributed by atoms with Gasteiger partial charge in [0.1, 0.15) is 0 Å². The first-order valence-corrected chi connectivity index (χ1v) is 5.58. The van der Waals surface area contributed by atoms with Crippen LogP contribution < -0.4 is 5.32 Å². The van der Waals surface area contributed by atoms with Crippen LogP contribution in [0, 0.1) is 0 Å². The van der Waals surface area contributed by atoms with Gasteiger partial charge in [0, 0.05) is 24.4 Å². The minimum Gasteiger partial charge on any atom is -0.315 e. The first-order chi connectivity index (χ1) is 7.45. The highest BCUT2D eigenvalue weighted by Crippen LogP contribution is 2.26. The van der Waals surface area contributed by atoms with Crippen molar-refractivity contribution in [1.29, 1.82) is 0 Å². The summed E-state index contributed by atoms with van der Waals surface area (Å²) in [5.74, 6) is 0.682. The average Bonchev–Trinajstić information content (AvgIpc) is 2.67. The van der Waals surface area contributed by atoms with Gasteiger partial charge in [-0.2, -0.15) is 5.10 Å². The molecule has 1 aliphatic rings. The summed E-state index contributed by atoms with van der Waals surface area (Å²) < 4.78 is 0. The van der Waals surface area contributed by atoms with Crippen molar-refractivity contribution in [2.24, 2.45) is 0 Å². The van der Waals surface area contributed by atoms with E-state index in [1.807, 2.05) is 20.0 Å². The fraction of sp³-hybridized carbons (Fsp3) is 0.417. The van der Waals surface area contributed by atoms with Crippen molar-refractivity contribution in [3.63, 3.8) is 0 Å². The Kier molecular flexibility index (Phi) is 3.02. The largest absolute Gasteiger partial charge is 0.315 e. The van der Waals surface area contributed by atoms with E-state index in [9.17, 15) is 0 Å². The van der Waals surface area contributed by atoms with E-state index in [1.165, 1.54) is 10.9 Å². The zero-order valence-corrected chi connectivity index (χ0v) is 9.25. The lowest BCUT2D eigenvalue weighted by molar-refractivity contribution is 0.451. The Labute approximate surface area is 89.9 Å². The molecule has 15 heavy (non-hydrogen) atoms. The normalized spacial score (nSPS) is 15.6. The number of H-pyrrole nitrogens is 1. The molecule has 1 aromatic heterocycles. The molecule has 2 heterocycles. The summed E-state index contributed by atoms with van der Waals surface area (Å²) in [4.78, 5) is 0. The third kappa shape index (κ3) is 1.75. The Morgan fingerprint density at radius 3 is 2.73 bits per heavy atom. The molecule has 1 aromatic carbocycles. The summed E-state index contributed by atoms with van der Waals surface area (Å²) in [5, 5.41) is 11.6. The molecule has 3 nitrogen and oxygen atoms in total. The fourth-order valence-corrected chi connectivity index (χ4v) is 1.86. The van der Waals surface area contributed by atoms with Gasteiger partial charge in [0.2, 0.25) is 0 Å². The number of hydrogen-bond donors (Lipinski definition) is 2. The van der Waals surface area contributed by atoms with Crippen LogP contribution in [-0.2, 0) is 0 Å². The highest BCUT2D eigenvalue weighted by Gasteiger charge is 2.20. The highest BCUT2D eigenvalue weighted by atomic mass is 15.1. The van der Waals surface area contributed by atoms with E-state index in [4.69, 9.17) is 0 Å². The summed E-state index contributed by atoms with van der Waals surface area (Å²) in [6, 6.07) is 6.36. The zero-order valence-electron chi connectivity index (χ0n) is 9.25. The van der Waals surface area contributed by atoms with Gasteiger partial charge < -0.3 is 5.32 Å². The van der Waals surface area contributed by atoms with Crippen molar-refractivity contribution < 1.29 is 0 Å². The van der Waals surface area contributed by atoms with Crippen LogP contribution in [0.25, 0.3) is 10.9 Å². The first kappa shape index (κ1) is 10.2. The van der Waals surface area contributed by atoms with Crippen molar-refractivity contribution in [3.8, 4) is 0 Å². The number of benzene rings is 1. The molecule has 0 bridgehead atoms. The predicted octanol–water partition coefficient (Wildman–Crippen LogP) is 2.28. The van der Waals surface area contributed by atoms with Crippen LogP contribution in [0.3, 0.4) is 0 Å². The molecule has 3 rings (SSSR count). The summed E-state index contributed by atoms with van der Waals surface area (Å²) in [6.45, 7) is 6.20. The molecule has 2 N–H and O–H groups in total. The Hall–Kier alpha value is -1.35. The van der Waals surface area contributed by atoms with Crippen molar-refractivity contribution in [2.75, 3.05) is 13.1 Å². The number of rotatable bonds is 1. The Balaban J connectivity index is 0.000000404. The fourth-order valence-electron chi connectivity index (χ4n) is 1.86. The smallest absolute Gasteiger partial charge is 0.0653 e. The van der Waals surface area contributed by atoms with E-state index in [0.717, 1.165) is 18.6 Å². The van der Waals surface area contributed by atoms with Gasteiger partial charge in [-0.05, 0) is 11.6 Å². The van der Waals surface area contributed by atoms with Crippen molar-refractivity contribution in [2.45, 2.75) is 19.8 Å². The van der Waals surface area contributed by atoms with Crippen LogP contribution in [0.5, 0.6) is 0 Å². The molecule has 0 amide bonds. The minimum atomic E-state index is 0.682. The van der Waals surface area contributed by atoms with Gasteiger partial charge in [-0.15, -0.1) is 0 Å². The zero-order chi connectivity index (χ0) is 10.7. The quantitative estimate of drug-likeness (QED) is 0.746. The molecule has 1 saturated heterocycles. The van der Waals surface area contributed by atoms with Crippen LogP contribution >= 0.6 is 0 Å². The molecular weight excluding hydrogens is 186 g/mol. The molecule has 3 heteroatoms. The van der Waals surface area contributed by atoms with Crippen molar-refractivity contribution in [1.82, 2.24) is 15.5 Å². The first-order valence-electron chi connectivity index (χ1n) is 5.58. The second kappa shape index (κ2) is 4.45. The molecule has 1 aliphatic heterocycles. The van der Waals surface area contributed by atoms with E-state index in [0.29, 0.717) is 5.92 Å². The maximum absolute atomic E-state index is 4.06. The second-order valence-corrected chi connectivity index (χ2v) is 3.53. The van der Waals surface area contributed by atoms with E-state index in [2.05, 4.69) is 33.7 Å². The maximum Gasteiger partial charge on any atom is 0.0653 e.